The molecule has 0 unspecified atom stereocenters. The van der Waals surface area contributed by atoms with Gasteiger partial charge in [-0.2, -0.15) is 23.3 Å². The van der Waals surface area contributed by atoms with Crippen molar-refractivity contribution in [2.24, 2.45) is 5.10 Å². The Bertz CT molecular complexity index is 913. The first-order valence-electron chi connectivity index (χ1n) is 8.57. The molecule has 2 aromatic rings. The number of alkyl halides is 3. The number of hydrogen-bond acceptors (Lipinski definition) is 4. The third-order valence-electron chi connectivity index (χ3n) is 4.62. The molecular weight excluding hydrogens is 373 g/mol. The molecular formula is C20H19F3N2O3. The number of carbonyl (C=O) groups is 1. The molecule has 0 saturated carbocycles. The fraction of sp³-hybridized carbons (Fsp3) is 0.300. The molecule has 1 aliphatic heterocycles. The first kappa shape index (κ1) is 19.9. The lowest BCUT2D eigenvalue weighted by atomic mass is 10.0. The zero-order valence-corrected chi connectivity index (χ0v) is 15.3. The van der Waals surface area contributed by atoms with Crippen LogP contribution in [0.4, 0.5) is 13.2 Å². The Balaban J connectivity index is 1.83. The Labute approximate surface area is 160 Å². The number of carbonyl (C=O) groups excluding carboxylic acids is 1. The molecule has 28 heavy (non-hydrogen) atoms. The molecule has 0 bridgehead atoms. The van der Waals surface area contributed by atoms with Gasteiger partial charge in [-0.1, -0.05) is 36.4 Å². The average molecular weight is 392 g/mol. The highest BCUT2D eigenvalue weighted by Gasteiger charge is 2.63. The predicted octanol–water partition coefficient (Wildman–Crippen LogP) is 3.57. The van der Waals surface area contributed by atoms with Gasteiger partial charge in [0.1, 0.15) is 5.75 Å². The minimum atomic E-state index is -5.08. The molecule has 2 aromatic carbocycles. The van der Waals surface area contributed by atoms with Gasteiger partial charge in [0.15, 0.2) is 6.61 Å². The van der Waals surface area contributed by atoms with Crippen molar-refractivity contribution < 1.29 is 27.8 Å². The van der Waals surface area contributed by atoms with E-state index in [0.717, 1.165) is 11.1 Å². The maximum absolute atomic E-state index is 13.5. The van der Waals surface area contributed by atoms with Gasteiger partial charge >= 0.3 is 6.18 Å². The van der Waals surface area contributed by atoms with E-state index in [1.807, 2.05) is 13.8 Å². The summed E-state index contributed by atoms with van der Waals surface area (Å²) < 4.78 is 46.0. The van der Waals surface area contributed by atoms with Gasteiger partial charge in [0, 0.05) is 0 Å². The fourth-order valence-corrected chi connectivity index (χ4v) is 2.83. The van der Waals surface area contributed by atoms with E-state index in [4.69, 9.17) is 4.74 Å². The minimum Gasteiger partial charge on any atom is -0.484 e. The van der Waals surface area contributed by atoms with E-state index < -0.39 is 30.8 Å². The van der Waals surface area contributed by atoms with Crippen LogP contribution >= 0.6 is 0 Å². The summed E-state index contributed by atoms with van der Waals surface area (Å²) in [6.45, 7) is 3.06. The van der Waals surface area contributed by atoms with Crippen LogP contribution < -0.4 is 4.74 Å². The van der Waals surface area contributed by atoms with Gasteiger partial charge in [-0.25, -0.2) is 0 Å². The van der Waals surface area contributed by atoms with Crippen molar-refractivity contribution in [3.05, 3.63) is 65.2 Å². The van der Waals surface area contributed by atoms with E-state index in [1.165, 1.54) is 0 Å². The highest BCUT2D eigenvalue weighted by atomic mass is 19.4. The molecule has 1 heterocycles. The largest absolute Gasteiger partial charge is 0.484 e. The molecule has 0 fully saturated rings. The maximum atomic E-state index is 13.5. The second-order valence-electron chi connectivity index (χ2n) is 6.64. The zero-order valence-electron chi connectivity index (χ0n) is 15.3. The molecule has 0 radical (unpaired) electrons. The maximum Gasteiger partial charge on any atom is 0.438 e. The Morgan fingerprint density at radius 3 is 2.46 bits per heavy atom. The van der Waals surface area contributed by atoms with Crippen molar-refractivity contribution >= 4 is 11.6 Å². The summed E-state index contributed by atoms with van der Waals surface area (Å²) >= 11 is 0. The van der Waals surface area contributed by atoms with Gasteiger partial charge in [0.2, 0.25) is 0 Å². The van der Waals surface area contributed by atoms with Gasteiger partial charge in [-0.15, -0.1) is 0 Å². The lowest BCUT2D eigenvalue weighted by molar-refractivity contribution is -0.302. The van der Waals surface area contributed by atoms with Crippen molar-refractivity contribution in [1.29, 1.82) is 0 Å². The van der Waals surface area contributed by atoms with Crippen LogP contribution in [0.15, 0.2) is 53.6 Å². The number of halogens is 3. The van der Waals surface area contributed by atoms with Crippen LogP contribution in [-0.4, -0.2) is 40.2 Å². The zero-order chi connectivity index (χ0) is 20.5. The fourth-order valence-electron chi connectivity index (χ4n) is 2.83. The highest BCUT2D eigenvalue weighted by Crippen LogP contribution is 2.41. The molecule has 0 spiro atoms. The normalized spacial score (nSPS) is 19.5. The van der Waals surface area contributed by atoms with Gasteiger partial charge in [-0.05, 0) is 42.7 Å². The standard InChI is InChI=1S/C20H19F3N2O3/c1-13-8-9-16(10-14(13)2)28-12-18(26)25-19(27,20(21,22)23)11-17(24-25)15-6-4-3-5-7-15/h3-10,27H,11-12H2,1-2H3/t19-/m1/s1. The van der Waals surface area contributed by atoms with Gasteiger partial charge in [0.25, 0.3) is 11.6 Å². The Kier molecular flexibility index (Phi) is 5.16. The quantitative estimate of drug-likeness (QED) is 0.865. The lowest BCUT2D eigenvalue weighted by Gasteiger charge is -2.32. The number of aliphatic hydroxyl groups is 1. The number of ether oxygens (including phenoxy) is 1. The molecule has 8 heteroatoms. The number of benzene rings is 2. The Morgan fingerprint density at radius 2 is 1.86 bits per heavy atom. The number of nitrogens with zero attached hydrogens (tertiary/aromatic N) is 2. The molecule has 1 amide bonds. The summed E-state index contributed by atoms with van der Waals surface area (Å²) in [5.41, 5.74) is -1.11. The van der Waals surface area contributed by atoms with Crippen LogP contribution in [0.2, 0.25) is 0 Å². The number of amides is 1. The van der Waals surface area contributed by atoms with Gasteiger partial charge < -0.3 is 9.84 Å². The number of hydrazone groups is 1. The van der Waals surface area contributed by atoms with Gasteiger partial charge in [0.05, 0.1) is 12.1 Å². The van der Waals surface area contributed by atoms with Crippen molar-refractivity contribution in [3.63, 3.8) is 0 Å². The highest BCUT2D eigenvalue weighted by molar-refractivity contribution is 6.03. The molecule has 3 rings (SSSR count). The van der Waals surface area contributed by atoms with Crippen LogP contribution in [0.5, 0.6) is 5.75 Å². The summed E-state index contributed by atoms with van der Waals surface area (Å²) in [7, 11) is 0. The summed E-state index contributed by atoms with van der Waals surface area (Å²) in [6, 6.07) is 13.2. The molecule has 148 valence electrons. The number of rotatable bonds is 4. The molecule has 1 atom stereocenters. The van der Waals surface area contributed by atoms with Crippen molar-refractivity contribution in [1.82, 2.24) is 5.01 Å². The molecule has 5 nitrogen and oxygen atoms in total. The topological polar surface area (TPSA) is 62.1 Å². The first-order valence-corrected chi connectivity index (χ1v) is 8.57. The van der Waals surface area contributed by atoms with Crippen LogP contribution in [-0.2, 0) is 4.79 Å². The second-order valence-corrected chi connectivity index (χ2v) is 6.64. The summed E-state index contributed by atoms with van der Waals surface area (Å²) in [4.78, 5) is 12.4. The monoisotopic (exact) mass is 392 g/mol. The van der Waals surface area contributed by atoms with E-state index in [0.29, 0.717) is 11.3 Å². The molecule has 0 saturated heterocycles. The summed E-state index contributed by atoms with van der Waals surface area (Å²) in [5.74, 6) is -0.748. The third-order valence-corrected chi connectivity index (χ3v) is 4.62. The van der Waals surface area contributed by atoms with E-state index in [-0.39, 0.29) is 10.7 Å². The SMILES string of the molecule is Cc1ccc(OCC(=O)N2N=C(c3ccccc3)C[C@@]2(O)C(F)(F)F)cc1C. The number of hydrogen-bond donors (Lipinski definition) is 1. The van der Waals surface area contributed by atoms with Crippen LogP contribution in [0.1, 0.15) is 23.1 Å². The third kappa shape index (κ3) is 3.73. The summed E-state index contributed by atoms with van der Waals surface area (Å²) in [6.07, 6.45) is -5.93. The molecule has 0 aromatic heterocycles. The average Bonchev–Trinajstić information content (AvgIpc) is 3.02. The van der Waals surface area contributed by atoms with Crippen molar-refractivity contribution in [2.45, 2.75) is 32.2 Å². The second kappa shape index (κ2) is 7.27. The lowest BCUT2D eigenvalue weighted by Crippen LogP contribution is -2.57. The molecule has 1 aliphatic rings. The predicted molar refractivity (Wildman–Crippen MR) is 96.9 cm³/mol. The Hall–Kier alpha value is -2.87. The Morgan fingerprint density at radius 1 is 1.18 bits per heavy atom. The van der Waals surface area contributed by atoms with Crippen molar-refractivity contribution in [3.8, 4) is 5.75 Å². The van der Waals surface area contributed by atoms with Crippen LogP contribution in [0.3, 0.4) is 0 Å². The smallest absolute Gasteiger partial charge is 0.438 e. The van der Waals surface area contributed by atoms with Crippen LogP contribution in [0, 0.1) is 13.8 Å². The number of aryl methyl sites for hydroxylation is 2. The van der Waals surface area contributed by atoms with Gasteiger partial charge in [-0.3, -0.25) is 4.79 Å². The van der Waals surface area contributed by atoms with Crippen LogP contribution in [0.25, 0.3) is 0 Å². The van der Waals surface area contributed by atoms with E-state index in [9.17, 15) is 23.1 Å². The minimum absolute atomic E-state index is 0.0278. The summed E-state index contributed by atoms with van der Waals surface area (Å²) in [5, 5.41) is 14.1. The van der Waals surface area contributed by atoms with E-state index in [2.05, 4.69) is 5.10 Å². The van der Waals surface area contributed by atoms with E-state index in [1.54, 1.807) is 48.5 Å². The van der Waals surface area contributed by atoms with E-state index >= 15 is 0 Å². The molecule has 1 N–H and O–H groups in total. The van der Waals surface area contributed by atoms with Crippen molar-refractivity contribution in [2.75, 3.05) is 6.61 Å². The first-order chi connectivity index (χ1) is 13.1. The molecule has 0 aliphatic carbocycles.